The van der Waals surface area contributed by atoms with Crippen LogP contribution in [0.5, 0.6) is 0 Å². The lowest BCUT2D eigenvalue weighted by molar-refractivity contribution is -0.147. The van der Waals surface area contributed by atoms with Gasteiger partial charge in [-0.05, 0) is 38.5 Å². The normalized spacial score (nSPS) is 13.4. The van der Waals surface area contributed by atoms with Crippen LogP contribution in [0.1, 0.15) is 219 Å². The lowest BCUT2D eigenvalue weighted by Crippen LogP contribution is -2.27. The quantitative estimate of drug-likeness (QED) is 0.0242. The minimum atomic E-state index is -4.41. The first kappa shape index (κ1) is 51.8. The molecule has 314 valence electrons. The summed E-state index contributed by atoms with van der Waals surface area (Å²) in [5, 5.41) is 12.7. The standard InChI is InChI=1S/C43H84NO8P/c1-3-5-7-9-11-13-15-17-19-20-21-22-23-25-27-29-31-33-35-42(46)44-37-38-51-53(48,49)52-40-41(45)39-50-43(47)36-34-32-30-28-26-24-18-16-14-12-10-8-6-4-2/h16,18,41,45H,3-15,17,19-40H2,1-2H3,(H,44,46)(H,48,49)/b18-16-. The molecule has 0 aromatic carbocycles. The maximum atomic E-state index is 12.1. The van der Waals surface area contributed by atoms with Crippen LogP contribution >= 0.6 is 7.82 Å². The predicted octanol–water partition coefficient (Wildman–Crippen LogP) is 12.2. The molecule has 0 aliphatic rings. The Morgan fingerprint density at radius 2 is 0.962 bits per heavy atom. The van der Waals surface area contributed by atoms with Crippen LogP contribution in [0.25, 0.3) is 0 Å². The van der Waals surface area contributed by atoms with E-state index in [4.69, 9.17) is 13.8 Å². The van der Waals surface area contributed by atoms with Crippen molar-refractivity contribution in [2.75, 3.05) is 26.4 Å². The minimum absolute atomic E-state index is 0.0856. The lowest BCUT2D eigenvalue weighted by atomic mass is 10.0. The number of hydrogen-bond acceptors (Lipinski definition) is 7. The molecule has 1 amide bonds. The second-order valence-corrected chi connectivity index (χ2v) is 16.5. The topological polar surface area (TPSA) is 131 Å². The van der Waals surface area contributed by atoms with Crippen LogP contribution in [0.3, 0.4) is 0 Å². The molecular formula is C43H84NO8P. The Morgan fingerprint density at radius 3 is 1.42 bits per heavy atom. The summed E-state index contributed by atoms with van der Waals surface area (Å²) in [5.74, 6) is -0.516. The second kappa shape index (κ2) is 40.4. The average molecular weight is 774 g/mol. The Hall–Kier alpha value is -1.25. The van der Waals surface area contributed by atoms with Crippen molar-refractivity contribution in [3.8, 4) is 0 Å². The predicted molar refractivity (Wildman–Crippen MR) is 220 cm³/mol. The third kappa shape index (κ3) is 41.7. The SMILES string of the molecule is CCCCCCC/C=C\CCCCCCCC(=O)OCC(O)COP(=O)(O)OCCNC(=O)CCCCCCCCCCCCCCCCCCCC. The van der Waals surface area contributed by atoms with Gasteiger partial charge < -0.3 is 20.1 Å². The van der Waals surface area contributed by atoms with Crippen molar-refractivity contribution < 1.29 is 37.9 Å². The summed E-state index contributed by atoms with van der Waals surface area (Å²) < 4.78 is 26.9. The van der Waals surface area contributed by atoms with Gasteiger partial charge in [-0.15, -0.1) is 0 Å². The number of nitrogens with one attached hydrogen (secondary N) is 1. The largest absolute Gasteiger partial charge is 0.472 e. The van der Waals surface area contributed by atoms with E-state index in [1.807, 2.05) is 0 Å². The number of ether oxygens (including phenoxy) is 1. The molecule has 0 aliphatic carbocycles. The maximum absolute atomic E-state index is 12.1. The van der Waals surface area contributed by atoms with Crippen LogP contribution < -0.4 is 5.32 Å². The fourth-order valence-corrected chi connectivity index (χ4v) is 7.07. The monoisotopic (exact) mass is 774 g/mol. The molecule has 0 radical (unpaired) electrons. The molecule has 0 saturated carbocycles. The number of allylic oxidation sites excluding steroid dienone is 2. The van der Waals surface area contributed by atoms with E-state index in [1.54, 1.807) is 0 Å². The molecule has 0 aliphatic heterocycles. The Bertz CT molecular complexity index is 886. The van der Waals surface area contributed by atoms with Gasteiger partial charge in [0, 0.05) is 19.4 Å². The number of amides is 1. The number of hydrogen-bond donors (Lipinski definition) is 3. The minimum Gasteiger partial charge on any atom is -0.463 e. The fourth-order valence-electron chi connectivity index (χ4n) is 6.32. The van der Waals surface area contributed by atoms with Crippen LogP contribution in [0.2, 0.25) is 0 Å². The van der Waals surface area contributed by atoms with E-state index in [2.05, 4.69) is 31.3 Å². The van der Waals surface area contributed by atoms with Crippen molar-refractivity contribution in [2.24, 2.45) is 0 Å². The van der Waals surface area contributed by atoms with Crippen LogP contribution in [0.15, 0.2) is 12.2 Å². The first-order valence-electron chi connectivity index (χ1n) is 22.2. The van der Waals surface area contributed by atoms with Crippen molar-refractivity contribution in [3.05, 3.63) is 12.2 Å². The van der Waals surface area contributed by atoms with Gasteiger partial charge in [0.2, 0.25) is 5.91 Å². The molecule has 0 aromatic heterocycles. The molecule has 2 atom stereocenters. The molecule has 0 spiro atoms. The van der Waals surface area contributed by atoms with E-state index in [-0.39, 0.29) is 32.1 Å². The summed E-state index contributed by atoms with van der Waals surface area (Å²) in [6.45, 7) is 3.56. The van der Waals surface area contributed by atoms with Gasteiger partial charge in [0.1, 0.15) is 12.7 Å². The zero-order chi connectivity index (χ0) is 38.9. The number of phosphoric ester groups is 1. The van der Waals surface area contributed by atoms with Crippen LogP contribution in [-0.4, -0.2) is 54.3 Å². The number of aliphatic hydroxyl groups excluding tert-OH is 1. The van der Waals surface area contributed by atoms with Gasteiger partial charge in [-0.25, -0.2) is 4.57 Å². The molecule has 0 saturated heterocycles. The third-order valence-corrected chi connectivity index (χ3v) is 10.7. The van der Waals surface area contributed by atoms with Gasteiger partial charge in [-0.3, -0.25) is 18.6 Å². The number of aliphatic hydroxyl groups is 1. The van der Waals surface area contributed by atoms with E-state index < -0.39 is 26.5 Å². The Kier molecular flexibility index (Phi) is 39.5. The van der Waals surface area contributed by atoms with Gasteiger partial charge in [0.15, 0.2) is 0 Å². The molecule has 3 N–H and O–H groups in total. The summed E-state index contributed by atoms with van der Waals surface area (Å²) >= 11 is 0. The smallest absolute Gasteiger partial charge is 0.463 e. The molecule has 53 heavy (non-hydrogen) atoms. The van der Waals surface area contributed by atoms with Gasteiger partial charge in [-0.1, -0.05) is 180 Å². The van der Waals surface area contributed by atoms with E-state index in [0.29, 0.717) is 6.42 Å². The molecule has 0 rings (SSSR count). The van der Waals surface area contributed by atoms with Crippen molar-refractivity contribution in [2.45, 2.75) is 225 Å². The Morgan fingerprint density at radius 1 is 0.566 bits per heavy atom. The molecule has 0 bridgehead atoms. The number of phosphoric acid groups is 1. The lowest BCUT2D eigenvalue weighted by Gasteiger charge is -2.15. The van der Waals surface area contributed by atoms with E-state index in [1.165, 1.54) is 135 Å². The first-order valence-corrected chi connectivity index (χ1v) is 23.7. The van der Waals surface area contributed by atoms with Gasteiger partial charge in [0.05, 0.1) is 13.2 Å². The zero-order valence-electron chi connectivity index (χ0n) is 34.5. The van der Waals surface area contributed by atoms with E-state index in [9.17, 15) is 24.2 Å². The number of carbonyl (C=O) groups is 2. The number of carbonyl (C=O) groups excluding carboxylic acids is 2. The molecule has 10 heteroatoms. The molecule has 9 nitrogen and oxygen atoms in total. The van der Waals surface area contributed by atoms with Gasteiger partial charge in [-0.2, -0.15) is 0 Å². The van der Waals surface area contributed by atoms with E-state index >= 15 is 0 Å². The highest BCUT2D eigenvalue weighted by Gasteiger charge is 2.23. The maximum Gasteiger partial charge on any atom is 0.472 e. The fraction of sp³-hybridized carbons (Fsp3) is 0.907. The number of esters is 1. The second-order valence-electron chi connectivity index (χ2n) is 15.0. The van der Waals surface area contributed by atoms with Crippen LogP contribution in [-0.2, 0) is 27.9 Å². The van der Waals surface area contributed by atoms with Crippen LogP contribution in [0.4, 0.5) is 0 Å². The molecule has 2 unspecified atom stereocenters. The summed E-state index contributed by atoms with van der Waals surface area (Å²) in [4.78, 5) is 33.9. The summed E-state index contributed by atoms with van der Waals surface area (Å²) in [7, 11) is -4.41. The summed E-state index contributed by atoms with van der Waals surface area (Å²) in [6.07, 6.45) is 41.4. The molecule has 0 heterocycles. The highest BCUT2D eigenvalue weighted by Crippen LogP contribution is 2.42. The van der Waals surface area contributed by atoms with Crippen LogP contribution in [0, 0.1) is 0 Å². The average Bonchev–Trinajstić information content (AvgIpc) is 3.14. The summed E-state index contributed by atoms with van der Waals surface area (Å²) in [5.41, 5.74) is 0. The number of unbranched alkanes of at least 4 members (excludes halogenated alkanes) is 27. The Labute approximate surface area is 326 Å². The number of rotatable bonds is 42. The molecule has 0 fully saturated rings. The van der Waals surface area contributed by atoms with Crippen molar-refractivity contribution in [3.63, 3.8) is 0 Å². The first-order chi connectivity index (χ1) is 25.8. The van der Waals surface area contributed by atoms with Crippen molar-refractivity contribution in [1.82, 2.24) is 5.32 Å². The third-order valence-electron chi connectivity index (χ3n) is 9.70. The van der Waals surface area contributed by atoms with Gasteiger partial charge >= 0.3 is 13.8 Å². The van der Waals surface area contributed by atoms with Crippen molar-refractivity contribution in [1.29, 1.82) is 0 Å². The highest BCUT2D eigenvalue weighted by atomic mass is 31.2. The zero-order valence-corrected chi connectivity index (χ0v) is 35.4. The van der Waals surface area contributed by atoms with Gasteiger partial charge in [0.25, 0.3) is 0 Å². The summed E-state index contributed by atoms with van der Waals surface area (Å²) in [6, 6.07) is 0. The highest BCUT2D eigenvalue weighted by molar-refractivity contribution is 7.47. The molecule has 0 aromatic rings. The van der Waals surface area contributed by atoms with E-state index in [0.717, 1.165) is 57.8 Å². The van der Waals surface area contributed by atoms with Crippen molar-refractivity contribution >= 4 is 19.7 Å². The molecular weight excluding hydrogens is 689 g/mol. The Balaban J connectivity index is 3.56.